The number of hydrogen-bond donors (Lipinski definition) is 2. The van der Waals surface area contributed by atoms with Gasteiger partial charge in [-0.1, -0.05) is 11.6 Å². The molecule has 4 heteroatoms. The van der Waals surface area contributed by atoms with Gasteiger partial charge in [-0.2, -0.15) is 0 Å². The van der Waals surface area contributed by atoms with Gasteiger partial charge >= 0.3 is 0 Å². The second-order valence-corrected chi connectivity index (χ2v) is 3.55. The minimum Gasteiger partial charge on any atom is -0.397 e. The lowest BCUT2D eigenvalue weighted by Crippen LogP contribution is -2.21. The van der Waals surface area contributed by atoms with Crippen molar-refractivity contribution in [2.24, 2.45) is 0 Å². The average molecular weight is 200 g/mol. The van der Waals surface area contributed by atoms with E-state index in [9.17, 15) is 0 Å². The highest BCUT2D eigenvalue weighted by molar-refractivity contribution is 6.31. The largest absolute Gasteiger partial charge is 0.397 e. The summed E-state index contributed by atoms with van der Waals surface area (Å²) in [4.78, 5) is 0. The van der Waals surface area contributed by atoms with Crippen LogP contribution in [0.4, 0.5) is 11.4 Å². The summed E-state index contributed by atoms with van der Waals surface area (Å²) in [5, 5.41) is 2.55. The van der Waals surface area contributed by atoms with Gasteiger partial charge in [0.05, 0.1) is 11.4 Å². The lowest BCUT2D eigenvalue weighted by atomic mass is 10.2. The van der Waals surface area contributed by atoms with E-state index in [1.165, 1.54) is 0 Å². The van der Waals surface area contributed by atoms with Crippen molar-refractivity contribution in [1.82, 2.24) is 5.01 Å². The minimum atomic E-state index is 0.704. The fourth-order valence-corrected chi connectivity index (χ4v) is 1.24. The maximum atomic E-state index is 5.96. The van der Waals surface area contributed by atoms with Crippen molar-refractivity contribution in [2.75, 3.05) is 25.3 Å². The summed E-state index contributed by atoms with van der Waals surface area (Å²) in [5.74, 6) is 0. The Bertz CT molecular complexity index is 310. The van der Waals surface area contributed by atoms with Gasteiger partial charge in [0.2, 0.25) is 0 Å². The molecule has 1 aromatic rings. The van der Waals surface area contributed by atoms with Gasteiger partial charge in [0.15, 0.2) is 0 Å². The van der Waals surface area contributed by atoms with Gasteiger partial charge in [-0.05, 0) is 24.6 Å². The summed E-state index contributed by atoms with van der Waals surface area (Å²) in [7, 11) is 3.81. The van der Waals surface area contributed by atoms with Crippen LogP contribution in [0.25, 0.3) is 0 Å². The molecule has 13 heavy (non-hydrogen) atoms. The highest BCUT2D eigenvalue weighted by Gasteiger charge is 2.06. The maximum absolute atomic E-state index is 5.96. The Balaban J connectivity index is 3.10. The first kappa shape index (κ1) is 10.2. The van der Waals surface area contributed by atoms with Crippen LogP contribution >= 0.6 is 11.6 Å². The lowest BCUT2D eigenvalue weighted by molar-refractivity contribution is 0.495. The van der Waals surface area contributed by atoms with Crippen molar-refractivity contribution in [3.05, 3.63) is 22.7 Å². The molecule has 1 rings (SSSR count). The van der Waals surface area contributed by atoms with Crippen molar-refractivity contribution < 1.29 is 0 Å². The van der Waals surface area contributed by atoms with E-state index in [4.69, 9.17) is 17.3 Å². The van der Waals surface area contributed by atoms with Crippen LogP contribution < -0.4 is 11.2 Å². The Morgan fingerprint density at radius 1 is 1.38 bits per heavy atom. The number of nitrogens with two attached hydrogens (primary N) is 1. The first-order valence-electron chi connectivity index (χ1n) is 4.01. The summed E-state index contributed by atoms with van der Waals surface area (Å²) in [6, 6.07) is 3.59. The summed E-state index contributed by atoms with van der Waals surface area (Å²) in [6.07, 6.45) is 0. The zero-order valence-corrected chi connectivity index (χ0v) is 8.81. The third-order valence-corrected chi connectivity index (χ3v) is 2.18. The molecule has 3 nitrogen and oxygen atoms in total. The molecule has 0 atom stereocenters. The van der Waals surface area contributed by atoms with Gasteiger partial charge in [0, 0.05) is 19.1 Å². The third kappa shape index (κ3) is 2.26. The highest BCUT2D eigenvalue weighted by Crippen LogP contribution is 2.29. The van der Waals surface area contributed by atoms with E-state index >= 15 is 0 Å². The number of nitrogens with zero attached hydrogens (tertiary/aromatic N) is 1. The van der Waals surface area contributed by atoms with Crippen molar-refractivity contribution in [2.45, 2.75) is 6.92 Å². The van der Waals surface area contributed by atoms with Crippen LogP contribution in [0.5, 0.6) is 0 Å². The molecule has 0 aliphatic carbocycles. The molecule has 0 unspecified atom stereocenters. The number of halogens is 1. The molecule has 0 spiro atoms. The molecule has 0 amide bonds. The van der Waals surface area contributed by atoms with E-state index in [0.717, 1.165) is 16.3 Å². The molecule has 0 saturated heterocycles. The summed E-state index contributed by atoms with van der Waals surface area (Å²) in [5.41, 5.74) is 11.4. The molecule has 0 heterocycles. The van der Waals surface area contributed by atoms with E-state index in [-0.39, 0.29) is 0 Å². The molecule has 0 fully saturated rings. The second kappa shape index (κ2) is 3.85. The van der Waals surface area contributed by atoms with Crippen molar-refractivity contribution >= 4 is 23.0 Å². The molecule has 3 N–H and O–H groups in total. The van der Waals surface area contributed by atoms with Gasteiger partial charge in [0.25, 0.3) is 0 Å². The van der Waals surface area contributed by atoms with Crippen LogP contribution in [-0.4, -0.2) is 19.1 Å². The number of rotatable bonds is 2. The summed E-state index contributed by atoms with van der Waals surface area (Å²) >= 11 is 5.96. The Morgan fingerprint density at radius 2 is 2.00 bits per heavy atom. The van der Waals surface area contributed by atoms with E-state index in [2.05, 4.69) is 5.43 Å². The first-order valence-corrected chi connectivity index (χ1v) is 4.38. The van der Waals surface area contributed by atoms with Crippen LogP contribution in [0.1, 0.15) is 5.56 Å². The highest BCUT2D eigenvalue weighted by atomic mass is 35.5. The van der Waals surface area contributed by atoms with Gasteiger partial charge in [-0.25, -0.2) is 5.01 Å². The van der Waals surface area contributed by atoms with Crippen LogP contribution in [0.2, 0.25) is 5.02 Å². The molecule has 0 aliphatic heterocycles. The number of hydrazine groups is 1. The SMILES string of the molecule is Cc1c(Cl)ccc(N)c1NN(C)C. The van der Waals surface area contributed by atoms with Gasteiger partial charge in [-0.3, -0.25) is 0 Å². The number of nitrogen functional groups attached to an aromatic ring is 1. The van der Waals surface area contributed by atoms with Gasteiger partial charge in [0.1, 0.15) is 0 Å². The first-order chi connectivity index (χ1) is 6.02. The molecule has 0 aromatic heterocycles. The number of nitrogens with one attached hydrogen (secondary N) is 1. The Kier molecular flexibility index (Phi) is 3.01. The fourth-order valence-electron chi connectivity index (χ4n) is 1.08. The third-order valence-electron chi connectivity index (χ3n) is 1.77. The number of benzene rings is 1. The standard InChI is InChI=1S/C9H14ClN3/c1-6-7(10)4-5-8(11)9(6)12-13(2)3/h4-5,12H,11H2,1-3H3. The van der Waals surface area contributed by atoms with E-state index in [1.807, 2.05) is 26.0 Å². The molecule has 0 radical (unpaired) electrons. The summed E-state index contributed by atoms with van der Waals surface area (Å²) in [6.45, 7) is 1.94. The summed E-state index contributed by atoms with van der Waals surface area (Å²) < 4.78 is 0. The van der Waals surface area contributed by atoms with Crippen LogP contribution in [0.15, 0.2) is 12.1 Å². The predicted molar refractivity (Wildman–Crippen MR) is 57.9 cm³/mol. The normalized spacial score (nSPS) is 10.5. The zero-order chi connectivity index (χ0) is 10.0. The molecule has 0 bridgehead atoms. The zero-order valence-electron chi connectivity index (χ0n) is 8.06. The van der Waals surface area contributed by atoms with E-state index < -0.39 is 0 Å². The lowest BCUT2D eigenvalue weighted by Gasteiger charge is -2.18. The monoisotopic (exact) mass is 199 g/mol. The Morgan fingerprint density at radius 3 is 2.54 bits per heavy atom. The van der Waals surface area contributed by atoms with Crippen molar-refractivity contribution in [1.29, 1.82) is 0 Å². The Hall–Kier alpha value is -0.930. The van der Waals surface area contributed by atoms with Crippen molar-refractivity contribution in [3.63, 3.8) is 0 Å². The van der Waals surface area contributed by atoms with Crippen LogP contribution in [-0.2, 0) is 0 Å². The topological polar surface area (TPSA) is 41.3 Å². The Labute approximate surface area is 83.4 Å². The van der Waals surface area contributed by atoms with E-state index in [0.29, 0.717) is 5.69 Å². The van der Waals surface area contributed by atoms with E-state index in [1.54, 1.807) is 12.1 Å². The quantitative estimate of drug-likeness (QED) is 0.567. The molecule has 0 saturated carbocycles. The molecule has 1 aromatic carbocycles. The predicted octanol–water partition coefficient (Wildman–Crippen LogP) is 2.12. The smallest absolute Gasteiger partial charge is 0.0764 e. The average Bonchev–Trinajstić information content (AvgIpc) is 2.05. The molecular formula is C9H14ClN3. The fraction of sp³-hybridized carbons (Fsp3) is 0.333. The minimum absolute atomic E-state index is 0.704. The molecule has 0 aliphatic rings. The second-order valence-electron chi connectivity index (χ2n) is 3.14. The molecular weight excluding hydrogens is 186 g/mol. The van der Waals surface area contributed by atoms with Gasteiger partial charge < -0.3 is 11.2 Å². The number of hydrogen-bond acceptors (Lipinski definition) is 3. The van der Waals surface area contributed by atoms with Crippen LogP contribution in [0, 0.1) is 6.92 Å². The van der Waals surface area contributed by atoms with Gasteiger partial charge in [-0.15, -0.1) is 0 Å². The maximum Gasteiger partial charge on any atom is 0.0764 e. The molecule has 72 valence electrons. The number of anilines is 2. The van der Waals surface area contributed by atoms with Crippen molar-refractivity contribution in [3.8, 4) is 0 Å². The van der Waals surface area contributed by atoms with Crippen LogP contribution in [0.3, 0.4) is 0 Å².